The van der Waals surface area contributed by atoms with Crippen LogP contribution in [0.3, 0.4) is 0 Å². The van der Waals surface area contributed by atoms with Crippen molar-refractivity contribution in [2.45, 2.75) is 31.8 Å². The second-order valence-electron chi connectivity index (χ2n) is 6.05. The molecule has 0 aliphatic carbocycles. The monoisotopic (exact) mass is 347 g/mol. The molecule has 1 saturated heterocycles. The van der Waals surface area contributed by atoms with E-state index in [-0.39, 0.29) is 17.8 Å². The van der Waals surface area contributed by atoms with Gasteiger partial charge in [-0.2, -0.15) is 0 Å². The molecule has 25 heavy (non-hydrogen) atoms. The molecule has 6 nitrogen and oxygen atoms in total. The molecule has 1 N–H and O–H groups in total. The summed E-state index contributed by atoms with van der Waals surface area (Å²) in [6.07, 6.45) is 3.88. The molecule has 1 atom stereocenters. The topological polar surface area (TPSA) is 67.6 Å². The van der Waals surface area contributed by atoms with Gasteiger partial charge in [0.05, 0.1) is 6.54 Å². The van der Waals surface area contributed by atoms with Gasteiger partial charge in [0, 0.05) is 25.1 Å². The molecule has 7 heteroatoms. The summed E-state index contributed by atoms with van der Waals surface area (Å²) in [5.41, 5.74) is 0.779. The van der Waals surface area contributed by atoms with Crippen LogP contribution in [0.15, 0.2) is 41.1 Å². The van der Waals surface area contributed by atoms with E-state index in [2.05, 4.69) is 10.5 Å². The molecule has 1 aromatic heterocycles. The zero-order valence-corrected chi connectivity index (χ0v) is 14.0. The molecule has 134 valence electrons. The molecule has 3 rings (SSSR count). The molecular weight excluding hydrogens is 325 g/mol. The van der Waals surface area contributed by atoms with Crippen LogP contribution < -0.4 is 10.1 Å². The van der Waals surface area contributed by atoms with E-state index >= 15 is 0 Å². The van der Waals surface area contributed by atoms with E-state index in [1.165, 1.54) is 18.4 Å². The lowest BCUT2D eigenvalue weighted by Crippen LogP contribution is -2.35. The Morgan fingerprint density at radius 3 is 2.88 bits per heavy atom. The van der Waals surface area contributed by atoms with Gasteiger partial charge in [0.1, 0.15) is 30.1 Å². The summed E-state index contributed by atoms with van der Waals surface area (Å²) >= 11 is 0. The number of rotatable bonds is 9. The summed E-state index contributed by atoms with van der Waals surface area (Å²) in [5, 5.41) is 7.20. The van der Waals surface area contributed by atoms with Gasteiger partial charge < -0.3 is 19.5 Å². The number of nitrogens with one attached hydrogen (secondary N) is 1. The fraction of sp³-hybridized carbons (Fsp3) is 0.444. The van der Waals surface area contributed by atoms with E-state index in [1.807, 2.05) is 4.90 Å². The minimum absolute atomic E-state index is 0.174. The number of hydrogen-bond acceptors (Lipinski definition) is 5. The fourth-order valence-corrected chi connectivity index (χ4v) is 2.97. The number of carbonyl (C=O) groups excluding carboxylic acids is 1. The van der Waals surface area contributed by atoms with Crippen molar-refractivity contribution in [3.05, 3.63) is 48.1 Å². The molecule has 1 amide bonds. The maximum absolute atomic E-state index is 12.8. The van der Waals surface area contributed by atoms with E-state index < -0.39 is 0 Å². The molecule has 1 aliphatic rings. The number of amides is 1. The summed E-state index contributed by atoms with van der Waals surface area (Å²) in [6, 6.07) is 8.00. The Morgan fingerprint density at radius 1 is 1.28 bits per heavy atom. The predicted molar refractivity (Wildman–Crippen MR) is 89.5 cm³/mol. The zero-order valence-electron chi connectivity index (χ0n) is 14.0. The average Bonchev–Trinajstić information content (AvgIpc) is 3.24. The van der Waals surface area contributed by atoms with E-state index in [1.54, 1.807) is 18.2 Å². The largest absolute Gasteiger partial charge is 0.492 e. The maximum atomic E-state index is 12.8. The molecule has 0 bridgehead atoms. The predicted octanol–water partition coefficient (Wildman–Crippen LogP) is 2.36. The number of nitrogens with zero attached hydrogens (tertiary/aromatic N) is 2. The Balaban J connectivity index is 1.33. The first kappa shape index (κ1) is 17.4. The molecular formula is C18H22FN3O3. The van der Waals surface area contributed by atoms with Crippen molar-refractivity contribution in [2.24, 2.45) is 0 Å². The highest BCUT2D eigenvalue weighted by Gasteiger charge is 2.30. The molecule has 1 fully saturated rings. The molecule has 1 unspecified atom stereocenters. The lowest BCUT2D eigenvalue weighted by atomic mass is 10.1. The Labute approximate surface area is 145 Å². The highest BCUT2D eigenvalue weighted by Crippen LogP contribution is 2.23. The highest BCUT2D eigenvalue weighted by atomic mass is 19.1. The average molecular weight is 347 g/mol. The van der Waals surface area contributed by atoms with Crippen LogP contribution in [0.4, 0.5) is 4.39 Å². The number of benzene rings is 1. The summed E-state index contributed by atoms with van der Waals surface area (Å²) in [4.78, 5) is 13.9. The molecule has 1 aliphatic heterocycles. The molecule has 0 radical (unpaired) electrons. The van der Waals surface area contributed by atoms with Crippen molar-refractivity contribution >= 4 is 5.91 Å². The maximum Gasteiger partial charge on any atom is 0.223 e. The lowest BCUT2D eigenvalue weighted by Gasteiger charge is -2.24. The van der Waals surface area contributed by atoms with Gasteiger partial charge in [-0.15, -0.1) is 0 Å². The third kappa shape index (κ3) is 5.03. The number of likely N-dealkylation sites (tertiary alicyclic amines) is 1. The Hall–Kier alpha value is -2.41. The highest BCUT2D eigenvalue weighted by molar-refractivity contribution is 5.78. The Morgan fingerprint density at radius 2 is 2.12 bits per heavy atom. The second kappa shape index (κ2) is 8.62. The van der Waals surface area contributed by atoms with Gasteiger partial charge >= 0.3 is 0 Å². The smallest absolute Gasteiger partial charge is 0.223 e. The first-order chi connectivity index (χ1) is 12.2. The third-order valence-electron chi connectivity index (χ3n) is 4.29. The first-order valence-electron chi connectivity index (χ1n) is 8.50. The second-order valence-corrected chi connectivity index (χ2v) is 6.05. The van der Waals surface area contributed by atoms with Crippen LogP contribution in [0, 0.1) is 5.82 Å². The van der Waals surface area contributed by atoms with E-state index in [0.717, 1.165) is 25.1 Å². The van der Waals surface area contributed by atoms with Crippen molar-refractivity contribution in [1.82, 2.24) is 15.4 Å². The SMILES string of the molecule is O=C1CCC(CCNCCOc2ccc(F)cc2)N1Cc1ccon1. The van der Waals surface area contributed by atoms with Crippen molar-refractivity contribution in [1.29, 1.82) is 0 Å². The molecule has 1 aromatic carbocycles. The van der Waals surface area contributed by atoms with Crippen molar-refractivity contribution in [2.75, 3.05) is 19.7 Å². The molecule has 2 heterocycles. The van der Waals surface area contributed by atoms with Crippen LogP contribution in [0.1, 0.15) is 25.0 Å². The van der Waals surface area contributed by atoms with Crippen LogP contribution in [0.25, 0.3) is 0 Å². The quantitative estimate of drug-likeness (QED) is 0.706. The van der Waals surface area contributed by atoms with Gasteiger partial charge in [0.15, 0.2) is 0 Å². The number of aromatic nitrogens is 1. The molecule has 0 saturated carbocycles. The Kier molecular flexibility index (Phi) is 6.00. The molecule has 0 spiro atoms. The number of halogens is 1. The van der Waals surface area contributed by atoms with Gasteiger partial charge in [-0.25, -0.2) is 4.39 Å². The summed E-state index contributed by atoms with van der Waals surface area (Å²) < 4.78 is 23.2. The van der Waals surface area contributed by atoms with Crippen LogP contribution in [0.5, 0.6) is 5.75 Å². The number of hydrogen-bond donors (Lipinski definition) is 1. The number of carbonyl (C=O) groups is 1. The van der Waals surface area contributed by atoms with E-state index in [4.69, 9.17) is 9.26 Å². The van der Waals surface area contributed by atoms with Crippen molar-refractivity contribution in [3.8, 4) is 5.75 Å². The Bertz CT molecular complexity index is 661. The van der Waals surface area contributed by atoms with Crippen LogP contribution in [0.2, 0.25) is 0 Å². The summed E-state index contributed by atoms with van der Waals surface area (Å²) in [7, 11) is 0. The van der Waals surface area contributed by atoms with Gasteiger partial charge in [-0.1, -0.05) is 5.16 Å². The summed E-state index contributed by atoms with van der Waals surface area (Å²) in [6.45, 7) is 2.52. The zero-order chi connectivity index (χ0) is 17.5. The summed E-state index contributed by atoms with van der Waals surface area (Å²) in [5.74, 6) is 0.558. The van der Waals surface area contributed by atoms with Crippen LogP contribution in [-0.2, 0) is 11.3 Å². The fourth-order valence-electron chi connectivity index (χ4n) is 2.97. The van der Waals surface area contributed by atoms with Gasteiger partial charge in [0.25, 0.3) is 0 Å². The van der Waals surface area contributed by atoms with Gasteiger partial charge in [0.2, 0.25) is 5.91 Å². The van der Waals surface area contributed by atoms with Crippen molar-refractivity contribution in [3.63, 3.8) is 0 Å². The lowest BCUT2D eigenvalue weighted by molar-refractivity contribution is -0.129. The van der Waals surface area contributed by atoms with Gasteiger partial charge in [-0.05, 0) is 43.7 Å². The first-order valence-corrected chi connectivity index (χ1v) is 8.50. The minimum Gasteiger partial charge on any atom is -0.492 e. The van der Waals surface area contributed by atoms with Crippen molar-refractivity contribution < 1.29 is 18.4 Å². The number of ether oxygens (including phenoxy) is 1. The van der Waals surface area contributed by atoms with Gasteiger partial charge in [-0.3, -0.25) is 4.79 Å². The minimum atomic E-state index is -0.272. The molecule has 2 aromatic rings. The van der Waals surface area contributed by atoms with Crippen LogP contribution >= 0.6 is 0 Å². The van der Waals surface area contributed by atoms with E-state index in [9.17, 15) is 9.18 Å². The van der Waals surface area contributed by atoms with Crippen LogP contribution in [-0.4, -0.2) is 41.7 Å². The normalized spacial score (nSPS) is 17.2. The van der Waals surface area contributed by atoms with E-state index in [0.29, 0.717) is 31.9 Å². The standard InChI is InChI=1S/C18H22FN3O3/c19-14-1-4-17(5-2-14)24-12-10-20-9-7-16-3-6-18(23)22(16)13-15-8-11-25-21-15/h1-2,4-5,8,11,16,20H,3,6-7,9-10,12-13H2. The third-order valence-corrected chi connectivity index (χ3v) is 4.29.